The molecule has 0 fully saturated rings. The van der Waals surface area contributed by atoms with Crippen molar-refractivity contribution in [1.82, 2.24) is 0 Å². The zero-order valence-corrected chi connectivity index (χ0v) is 15.2. The monoisotopic (exact) mass is 390 g/mol. The number of hydrogen-bond donors (Lipinski definition) is 1. The van der Waals surface area contributed by atoms with E-state index in [4.69, 9.17) is 29.1 Å². The first-order valence-electron chi connectivity index (χ1n) is 8.73. The van der Waals surface area contributed by atoms with Crippen LogP contribution >= 0.6 is 0 Å². The predicted molar refractivity (Wildman–Crippen MR) is 101 cm³/mol. The highest BCUT2D eigenvalue weighted by atomic mass is 16.7. The number of rotatable bonds is 2. The lowest BCUT2D eigenvalue weighted by molar-refractivity contribution is 0.171. The molecule has 144 valence electrons. The third-order valence-electron chi connectivity index (χ3n) is 4.99. The van der Waals surface area contributed by atoms with Crippen molar-refractivity contribution in [1.29, 1.82) is 5.26 Å². The summed E-state index contributed by atoms with van der Waals surface area (Å²) in [5.41, 5.74) is 6.68. The Hall–Kier alpha value is -4.12. The molecule has 8 nitrogen and oxygen atoms in total. The molecule has 0 saturated carbocycles. The van der Waals surface area contributed by atoms with E-state index in [1.165, 1.54) is 7.11 Å². The topological polar surface area (TPSA) is 117 Å². The molecule has 0 saturated heterocycles. The summed E-state index contributed by atoms with van der Waals surface area (Å²) in [6.45, 7) is 0.0510. The van der Waals surface area contributed by atoms with Gasteiger partial charge in [0.1, 0.15) is 17.2 Å². The van der Waals surface area contributed by atoms with E-state index in [2.05, 4.69) is 6.07 Å². The summed E-state index contributed by atoms with van der Waals surface area (Å²) in [6.07, 6.45) is 0. The van der Waals surface area contributed by atoms with E-state index in [9.17, 15) is 10.1 Å². The van der Waals surface area contributed by atoms with Gasteiger partial charge in [-0.25, -0.2) is 4.79 Å². The smallest absolute Gasteiger partial charge is 0.344 e. The van der Waals surface area contributed by atoms with Gasteiger partial charge in [-0.3, -0.25) is 0 Å². The van der Waals surface area contributed by atoms with Crippen LogP contribution < -0.4 is 30.3 Å². The Bertz CT molecular complexity index is 1300. The fourth-order valence-corrected chi connectivity index (χ4v) is 3.72. The molecule has 29 heavy (non-hydrogen) atoms. The molecular weight excluding hydrogens is 376 g/mol. The number of para-hydroxylation sites is 1. The number of benzene rings is 2. The molecule has 2 aliphatic heterocycles. The Morgan fingerprint density at radius 1 is 1.21 bits per heavy atom. The van der Waals surface area contributed by atoms with E-state index < -0.39 is 11.5 Å². The SMILES string of the molecule is COc1cc(C2C(C#N)=C(N)Oc3c2c(=O)oc2ccccc32)cc2c1OCO2. The second-order valence-corrected chi connectivity index (χ2v) is 6.51. The number of methoxy groups -OCH3 is 1. The molecule has 0 amide bonds. The van der Waals surface area contributed by atoms with Crippen molar-refractivity contribution in [2.24, 2.45) is 5.73 Å². The molecular formula is C21H14N2O6. The van der Waals surface area contributed by atoms with Gasteiger partial charge in [-0.05, 0) is 29.8 Å². The van der Waals surface area contributed by atoms with Gasteiger partial charge in [-0.15, -0.1) is 0 Å². The number of fused-ring (bicyclic) bond motifs is 4. The van der Waals surface area contributed by atoms with Crippen molar-refractivity contribution in [3.8, 4) is 29.1 Å². The van der Waals surface area contributed by atoms with Crippen molar-refractivity contribution in [3.05, 3.63) is 69.4 Å². The van der Waals surface area contributed by atoms with Crippen LogP contribution in [0.15, 0.2) is 57.1 Å². The second-order valence-electron chi connectivity index (χ2n) is 6.51. The van der Waals surface area contributed by atoms with Crippen molar-refractivity contribution in [2.75, 3.05) is 13.9 Å². The standard InChI is InChI=1S/C21H14N2O6/c1-25-14-6-10(7-15-19(14)27-9-26-15)16-12(8-22)20(23)29-18-11-4-2-3-5-13(11)28-21(24)17(16)18/h2-7,16H,9,23H2,1H3. The highest BCUT2D eigenvalue weighted by Crippen LogP contribution is 2.48. The number of nitrogens with zero attached hydrogens (tertiary/aromatic N) is 1. The van der Waals surface area contributed by atoms with E-state index in [1.807, 2.05) is 0 Å². The second kappa shape index (κ2) is 6.21. The number of hydrogen-bond acceptors (Lipinski definition) is 8. The van der Waals surface area contributed by atoms with Crippen LogP contribution in [0.5, 0.6) is 23.0 Å². The van der Waals surface area contributed by atoms with E-state index in [-0.39, 0.29) is 29.6 Å². The molecule has 3 aromatic rings. The summed E-state index contributed by atoms with van der Waals surface area (Å²) in [7, 11) is 1.50. The average Bonchev–Trinajstić information content (AvgIpc) is 3.21. The van der Waals surface area contributed by atoms with E-state index >= 15 is 0 Å². The summed E-state index contributed by atoms with van der Waals surface area (Å²) < 4.78 is 27.5. The molecule has 2 aliphatic rings. The van der Waals surface area contributed by atoms with Crippen LogP contribution in [0.3, 0.4) is 0 Å². The zero-order valence-electron chi connectivity index (χ0n) is 15.2. The minimum Gasteiger partial charge on any atom is -0.493 e. The number of allylic oxidation sites excluding steroid dienone is 1. The van der Waals surface area contributed by atoms with Gasteiger partial charge in [-0.2, -0.15) is 5.26 Å². The van der Waals surface area contributed by atoms with Crippen LogP contribution in [-0.4, -0.2) is 13.9 Å². The first-order chi connectivity index (χ1) is 14.1. The molecule has 0 aliphatic carbocycles. The third-order valence-corrected chi connectivity index (χ3v) is 4.99. The lowest BCUT2D eigenvalue weighted by atomic mass is 9.83. The van der Waals surface area contributed by atoms with Crippen molar-refractivity contribution >= 4 is 11.0 Å². The van der Waals surface area contributed by atoms with Crippen molar-refractivity contribution in [3.63, 3.8) is 0 Å². The highest BCUT2D eigenvalue weighted by Gasteiger charge is 2.37. The van der Waals surface area contributed by atoms with Crippen LogP contribution in [0, 0.1) is 11.3 Å². The van der Waals surface area contributed by atoms with Crippen LogP contribution in [0.1, 0.15) is 17.0 Å². The maximum Gasteiger partial charge on any atom is 0.344 e. The van der Waals surface area contributed by atoms with Gasteiger partial charge in [0.25, 0.3) is 0 Å². The van der Waals surface area contributed by atoms with Crippen molar-refractivity contribution < 1.29 is 23.4 Å². The summed E-state index contributed by atoms with van der Waals surface area (Å²) in [4.78, 5) is 12.9. The molecule has 1 unspecified atom stereocenters. The van der Waals surface area contributed by atoms with E-state index in [0.29, 0.717) is 33.8 Å². The fraction of sp³-hybridized carbons (Fsp3) is 0.143. The van der Waals surface area contributed by atoms with E-state index in [1.54, 1.807) is 36.4 Å². The van der Waals surface area contributed by atoms with Crippen LogP contribution in [-0.2, 0) is 0 Å². The Balaban J connectivity index is 1.83. The Morgan fingerprint density at radius 2 is 2.03 bits per heavy atom. The third kappa shape index (κ3) is 2.41. The summed E-state index contributed by atoms with van der Waals surface area (Å²) >= 11 is 0. The van der Waals surface area contributed by atoms with Crippen molar-refractivity contribution in [2.45, 2.75) is 5.92 Å². The largest absolute Gasteiger partial charge is 0.493 e. The molecule has 2 aromatic carbocycles. The maximum atomic E-state index is 12.9. The predicted octanol–water partition coefficient (Wildman–Crippen LogP) is 2.75. The summed E-state index contributed by atoms with van der Waals surface area (Å²) in [5, 5.41) is 10.3. The quantitative estimate of drug-likeness (QED) is 0.664. The van der Waals surface area contributed by atoms with Gasteiger partial charge in [0.05, 0.1) is 24.0 Å². The molecule has 1 aromatic heterocycles. The first kappa shape index (κ1) is 17.0. The highest BCUT2D eigenvalue weighted by molar-refractivity contribution is 5.86. The van der Waals surface area contributed by atoms with Gasteiger partial charge in [0.2, 0.25) is 18.4 Å². The fourth-order valence-electron chi connectivity index (χ4n) is 3.72. The Kier molecular flexibility index (Phi) is 3.64. The van der Waals surface area contributed by atoms with Gasteiger partial charge in [0, 0.05) is 0 Å². The molecule has 0 bridgehead atoms. The lowest BCUT2D eigenvalue weighted by Crippen LogP contribution is -2.26. The zero-order chi connectivity index (χ0) is 20.1. The Labute approximate surface area is 164 Å². The van der Waals surface area contributed by atoms with Gasteiger partial charge in [-0.1, -0.05) is 12.1 Å². The molecule has 3 heterocycles. The number of nitrogens with two attached hydrogens (primary N) is 1. The Morgan fingerprint density at radius 3 is 2.83 bits per heavy atom. The maximum absolute atomic E-state index is 12.9. The molecule has 0 spiro atoms. The van der Waals surface area contributed by atoms with Crippen LogP contribution in [0.25, 0.3) is 11.0 Å². The van der Waals surface area contributed by atoms with E-state index in [0.717, 1.165) is 0 Å². The van der Waals surface area contributed by atoms with Gasteiger partial charge >= 0.3 is 5.63 Å². The molecule has 8 heteroatoms. The average molecular weight is 390 g/mol. The molecule has 2 N–H and O–H groups in total. The van der Waals surface area contributed by atoms with Crippen LogP contribution in [0.2, 0.25) is 0 Å². The summed E-state index contributed by atoms with van der Waals surface area (Å²) in [6, 6.07) is 12.4. The lowest BCUT2D eigenvalue weighted by Gasteiger charge is -2.26. The normalized spacial score (nSPS) is 16.9. The minimum atomic E-state index is -0.812. The minimum absolute atomic E-state index is 0.0510. The number of ether oxygens (including phenoxy) is 4. The molecule has 5 rings (SSSR count). The van der Waals surface area contributed by atoms with Gasteiger partial charge in [0.15, 0.2) is 17.2 Å². The molecule has 0 radical (unpaired) electrons. The first-order valence-corrected chi connectivity index (χ1v) is 8.73. The molecule has 1 atom stereocenters. The number of nitriles is 1. The van der Waals surface area contributed by atoms with Gasteiger partial charge < -0.3 is 29.1 Å². The van der Waals surface area contributed by atoms with Crippen LogP contribution in [0.4, 0.5) is 0 Å². The summed E-state index contributed by atoms with van der Waals surface area (Å²) in [5.74, 6) is 0.724.